The topological polar surface area (TPSA) is 74.8 Å². The number of nitrogens with zero attached hydrogens (tertiary/aromatic N) is 1. The number of hydrogen-bond donors (Lipinski definition) is 2. The number of aromatic nitrogens is 2. The van der Waals surface area contributed by atoms with E-state index >= 15 is 0 Å². The summed E-state index contributed by atoms with van der Waals surface area (Å²) >= 11 is 0. The minimum absolute atomic E-state index is 0.00486. The summed E-state index contributed by atoms with van der Waals surface area (Å²) in [5.41, 5.74) is -0.526. The molecule has 1 aromatic heterocycles. The molecule has 0 saturated heterocycles. The van der Waals surface area contributed by atoms with Crippen molar-refractivity contribution >= 4 is 5.91 Å². The molecule has 0 saturated carbocycles. The van der Waals surface area contributed by atoms with Crippen LogP contribution in [-0.2, 0) is 0 Å². The molecule has 1 aromatic rings. The van der Waals surface area contributed by atoms with E-state index in [1.165, 1.54) is 12.3 Å². The van der Waals surface area contributed by atoms with Crippen LogP contribution in [0.5, 0.6) is 0 Å². The highest BCUT2D eigenvalue weighted by Gasteiger charge is 2.07. The largest absolute Gasteiger partial charge is 0.341 e. The highest BCUT2D eigenvalue weighted by Crippen LogP contribution is 1.85. The predicted octanol–water partition coefficient (Wildman–Crippen LogP) is -0.867. The van der Waals surface area contributed by atoms with Crippen molar-refractivity contribution in [3.63, 3.8) is 0 Å². The van der Waals surface area contributed by atoms with Gasteiger partial charge in [-0.1, -0.05) is 5.92 Å². The van der Waals surface area contributed by atoms with E-state index in [2.05, 4.69) is 21.4 Å². The second-order valence-electron chi connectivity index (χ2n) is 2.19. The average molecular weight is 177 g/mol. The van der Waals surface area contributed by atoms with Gasteiger partial charge in [0, 0.05) is 6.20 Å². The Labute approximate surface area is 74.2 Å². The van der Waals surface area contributed by atoms with Gasteiger partial charge in [0.1, 0.15) is 5.56 Å². The van der Waals surface area contributed by atoms with Crippen molar-refractivity contribution in [3.8, 4) is 12.3 Å². The van der Waals surface area contributed by atoms with Crippen molar-refractivity contribution in [2.75, 3.05) is 6.54 Å². The van der Waals surface area contributed by atoms with Crippen molar-refractivity contribution in [2.24, 2.45) is 0 Å². The first kappa shape index (κ1) is 9.00. The molecule has 1 heterocycles. The Balaban J connectivity index is 2.85. The lowest BCUT2D eigenvalue weighted by atomic mass is 10.3. The molecule has 5 heteroatoms. The molecule has 66 valence electrons. The van der Waals surface area contributed by atoms with Gasteiger partial charge in [0.05, 0.1) is 6.54 Å². The summed E-state index contributed by atoms with van der Waals surface area (Å²) in [6, 6.07) is 1.32. The van der Waals surface area contributed by atoms with Gasteiger partial charge in [-0.3, -0.25) is 9.59 Å². The van der Waals surface area contributed by atoms with E-state index in [-0.39, 0.29) is 12.1 Å². The van der Waals surface area contributed by atoms with Gasteiger partial charge >= 0.3 is 0 Å². The quantitative estimate of drug-likeness (QED) is 0.577. The molecular weight excluding hydrogens is 170 g/mol. The number of carbonyl (C=O) groups is 1. The Morgan fingerprint density at radius 1 is 1.77 bits per heavy atom. The van der Waals surface area contributed by atoms with Crippen LogP contribution in [0.15, 0.2) is 17.1 Å². The SMILES string of the molecule is C#CCNC(=O)c1ccn[nH]c1=O. The van der Waals surface area contributed by atoms with Crippen LogP contribution in [0.25, 0.3) is 0 Å². The minimum Gasteiger partial charge on any atom is -0.341 e. The van der Waals surface area contributed by atoms with Crippen LogP contribution >= 0.6 is 0 Å². The molecule has 1 amide bonds. The number of aromatic amines is 1. The first-order chi connectivity index (χ1) is 6.25. The van der Waals surface area contributed by atoms with E-state index in [4.69, 9.17) is 6.42 Å². The summed E-state index contributed by atoms with van der Waals surface area (Å²) in [4.78, 5) is 22.2. The van der Waals surface area contributed by atoms with E-state index < -0.39 is 11.5 Å². The maximum absolute atomic E-state index is 11.2. The summed E-state index contributed by atoms with van der Waals surface area (Å²) in [6.07, 6.45) is 6.26. The van der Waals surface area contributed by atoms with Crippen molar-refractivity contribution in [2.45, 2.75) is 0 Å². The molecule has 13 heavy (non-hydrogen) atoms. The number of nitrogens with one attached hydrogen (secondary N) is 2. The number of carbonyl (C=O) groups excluding carboxylic acids is 1. The van der Waals surface area contributed by atoms with Gasteiger partial charge < -0.3 is 5.32 Å². The maximum atomic E-state index is 11.2. The number of terminal acetylenes is 1. The molecule has 0 bridgehead atoms. The molecule has 0 aromatic carbocycles. The standard InChI is InChI=1S/C8H7N3O2/c1-2-4-9-7(12)6-3-5-10-11-8(6)13/h1,3,5H,4H2,(H,9,12)(H,11,13). The lowest BCUT2D eigenvalue weighted by molar-refractivity contribution is 0.0957. The zero-order valence-electron chi connectivity index (χ0n) is 6.70. The Kier molecular flexibility index (Phi) is 2.82. The normalized spacial score (nSPS) is 8.85. The van der Waals surface area contributed by atoms with Crippen LogP contribution in [-0.4, -0.2) is 22.6 Å². The van der Waals surface area contributed by atoms with Crippen molar-refractivity contribution in [1.29, 1.82) is 0 Å². The third kappa shape index (κ3) is 2.17. The molecule has 0 unspecified atom stereocenters. The van der Waals surface area contributed by atoms with Gasteiger partial charge in [-0.15, -0.1) is 6.42 Å². The Morgan fingerprint density at radius 2 is 2.54 bits per heavy atom. The van der Waals surface area contributed by atoms with E-state index in [1.54, 1.807) is 0 Å². The van der Waals surface area contributed by atoms with Gasteiger partial charge in [0.15, 0.2) is 0 Å². The van der Waals surface area contributed by atoms with Crippen LogP contribution in [0.1, 0.15) is 10.4 Å². The number of rotatable bonds is 2. The summed E-state index contributed by atoms with van der Waals surface area (Å²) in [6.45, 7) is 0.0978. The van der Waals surface area contributed by atoms with Crippen LogP contribution in [0.4, 0.5) is 0 Å². The van der Waals surface area contributed by atoms with Gasteiger partial charge in [0.25, 0.3) is 11.5 Å². The van der Waals surface area contributed by atoms with Crippen LogP contribution in [0, 0.1) is 12.3 Å². The number of hydrogen-bond acceptors (Lipinski definition) is 3. The van der Waals surface area contributed by atoms with E-state index in [0.717, 1.165) is 0 Å². The molecule has 0 radical (unpaired) electrons. The molecule has 2 N–H and O–H groups in total. The highest BCUT2D eigenvalue weighted by atomic mass is 16.2. The monoisotopic (exact) mass is 177 g/mol. The average Bonchev–Trinajstić information content (AvgIpc) is 2.15. The smallest absolute Gasteiger partial charge is 0.277 e. The van der Waals surface area contributed by atoms with Gasteiger partial charge in [-0.2, -0.15) is 5.10 Å². The highest BCUT2D eigenvalue weighted by molar-refractivity contribution is 5.93. The molecule has 5 nitrogen and oxygen atoms in total. The summed E-state index contributed by atoms with van der Waals surface area (Å²) in [5, 5.41) is 7.96. The third-order valence-electron chi connectivity index (χ3n) is 1.32. The fourth-order valence-electron chi connectivity index (χ4n) is 0.749. The van der Waals surface area contributed by atoms with Crippen molar-refractivity contribution in [3.05, 3.63) is 28.2 Å². The second kappa shape index (κ2) is 4.07. The first-order valence-electron chi connectivity index (χ1n) is 3.51. The Bertz CT molecular complexity index is 402. The van der Waals surface area contributed by atoms with Crippen molar-refractivity contribution in [1.82, 2.24) is 15.5 Å². The fraction of sp³-hybridized carbons (Fsp3) is 0.125. The minimum atomic E-state index is -0.531. The molecule has 0 spiro atoms. The predicted molar refractivity (Wildman–Crippen MR) is 46.0 cm³/mol. The molecule has 0 atom stereocenters. The second-order valence-corrected chi connectivity index (χ2v) is 2.19. The maximum Gasteiger partial charge on any atom is 0.277 e. The van der Waals surface area contributed by atoms with Gasteiger partial charge in [-0.25, -0.2) is 5.10 Å². The molecule has 0 fully saturated rings. The third-order valence-corrected chi connectivity index (χ3v) is 1.32. The van der Waals surface area contributed by atoms with Crippen LogP contribution < -0.4 is 10.9 Å². The first-order valence-corrected chi connectivity index (χ1v) is 3.51. The molecule has 0 aliphatic heterocycles. The zero-order chi connectivity index (χ0) is 9.68. The fourth-order valence-corrected chi connectivity index (χ4v) is 0.749. The van der Waals surface area contributed by atoms with Gasteiger partial charge in [-0.05, 0) is 6.07 Å². The van der Waals surface area contributed by atoms with E-state index in [0.29, 0.717) is 0 Å². The molecule has 1 rings (SSSR count). The zero-order valence-corrected chi connectivity index (χ0v) is 6.70. The van der Waals surface area contributed by atoms with Crippen LogP contribution in [0.3, 0.4) is 0 Å². The summed E-state index contributed by atoms with van der Waals surface area (Å²) in [5.74, 6) is 1.73. The van der Waals surface area contributed by atoms with E-state index in [1.807, 2.05) is 0 Å². The molecular formula is C8H7N3O2. The lowest BCUT2D eigenvalue weighted by Gasteiger charge is -1.98. The number of amides is 1. The Hall–Kier alpha value is -2.09. The Morgan fingerprint density at radius 3 is 3.15 bits per heavy atom. The summed E-state index contributed by atoms with van der Waals surface area (Å²) < 4.78 is 0. The molecule has 0 aliphatic carbocycles. The lowest BCUT2D eigenvalue weighted by Crippen LogP contribution is -2.29. The molecule has 0 aliphatic rings. The number of H-pyrrole nitrogens is 1. The summed E-state index contributed by atoms with van der Waals surface area (Å²) in [7, 11) is 0. The van der Waals surface area contributed by atoms with Crippen molar-refractivity contribution < 1.29 is 4.79 Å². The van der Waals surface area contributed by atoms with E-state index in [9.17, 15) is 9.59 Å². The van der Waals surface area contributed by atoms with Crippen LogP contribution in [0.2, 0.25) is 0 Å². The van der Waals surface area contributed by atoms with Gasteiger partial charge in [0.2, 0.25) is 0 Å².